The van der Waals surface area contributed by atoms with Crippen LogP contribution in [0.2, 0.25) is 0 Å². The second-order valence-electron chi connectivity index (χ2n) is 7.44. The average Bonchev–Trinajstić information content (AvgIpc) is 3.26. The van der Waals surface area contributed by atoms with Gasteiger partial charge in [-0.2, -0.15) is 0 Å². The molecule has 0 bridgehead atoms. The Bertz CT molecular complexity index is 967. The summed E-state index contributed by atoms with van der Waals surface area (Å²) in [6.45, 7) is 1.55. The van der Waals surface area contributed by atoms with Gasteiger partial charge in [-0.1, -0.05) is 18.2 Å². The van der Waals surface area contributed by atoms with Crippen molar-refractivity contribution in [2.24, 2.45) is 0 Å². The van der Waals surface area contributed by atoms with E-state index in [0.717, 1.165) is 28.5 Å². The zero-order chi connectivity index (χ0) is 21.7. The van der Waals surface area contributed by atoms with E-state index in [1.807, 2.05) is 24.3 Å². The summed E-state index contributed by atoms with van der Waals surface area (Å²) in [4.78, 5) is 15.2. The molecule has 1 heterocycles. The monoisotopic (exact) mass is 432 g/mol. The van der Waals surface area contributed by atoms with Crippen LogP contribution in [0.5, 0.6) is 5.75 Å². The van der Waals surface area contributed by atoms with Crippen LogP contribution in [0.4, 0.5) is 0 Å². The Labute approximate surface area is 178 Å². The molecule has 0 N–H and O–H groups in total. The number of carbonyl (C=O) groups excluding carboxylic acids is 1. The van der Waals surface area contributed by atoms with E-state index >= 15 is 0 Å². The van der Waals surface area contributed by atoms with Gasteiger partial charge < -0.3 is 14.4 Å². The molecule has 1 saturated heterocycles. The van der Waals surface area contributed by atoms with Crippen LogP contribution in [-0.4, -0.2) is 64.0 Å². The lowest BCUT2D eigenvalue weighted by molar-refractivity contribution is 0.0505. The number of rotatable bonds is 8. The molecule has 1 fully saturated rings. The van der Waals surface area contributed by atoms with Gasteiger partial charge in [-0.05, 0) is 43.2 Å². The van der Waals surface area contributed by atoms with E-state index in [2.05, 4.69) is 0 Å². The third-order valence-electron chi connectivity index (χ3n) is 5.17. The zero-order valence-corrected chi connectivity index (χ0v) is 18.4. The van der Waals surface area contributed by atoms with Gasteiger partial charge in [-0.25, -0.2) is 12.7 Å². The maximum atomic E-state index is 13.3. The van der Waals surface area contributed by atoms with Gasteiger partial charge in [0, 0.05) is 44.9 Å². The third kappa shape index (κ3) is 5.00. The van der Waals surface area contributed by atoms with Crippen molar-refractivity contribution in [2.75, 3.05) is 34.4 Å². The minimum Gasteiger partial charge on any atom is -0.496 e. The molecule has 0 saturated carbocycles. The molecule has 3 rings (SSSR count). The number of sulfonamides is 1. The Hall–Kier alpha value is -2.42. The summed E-state index contributed by atoms with van der Waals surface area (Å²) < 4.78 is 36.9. The summed E-state index contributed by atoms with van der Waals surface area (Å²) in [6.07, 6.45) is 1.89. The van der Waals surface area contributed by atoms with Crippen molar-refractivity contribution in [2.45, 2.75) is 30.4 Å². The molecule has 1 unspecified atom stereocenters. The molecule has 7 nitrogen and oxygen atoms in total. The Kier molecular flexibility index (Phi) is 7.12. The van der Waals surface area contributed by atoms with Crippen molar-refractivity contribution in [3.8, 4) is 5.75 Å². The number of hydrogen-bond acceptors (Lipinski definition) is 5. The fourth-order valence-corrected chi connectivity index (χ4v) is 4.36. The quantitative estimate of drug-likeness (QED) is 0.641. The summed E-state index contributed by atoms with van der Waals surface area (Å²) in [6, 6.07) is 13.6. The second kappa shape index (κ2) is 9.59. The predicted molar refractivity (Wildman–Crippen MR) is 114 cm³/mol. The summed E-state index contributed by atoms with van der Waals surface area (Å²) in [5.41, 5.74) is 1.33. The lowest BCUT2D eigenvalue weighted by Gasteiger charge is -2.26. The highest BCUT2D eigenvalue weighted by Gasteiger charge is 2.25. The zero-order valence-electron chi connectivity index (χ0n) is 17.6. The van der Waals surface area contributed by atoms with Crippen molar-refractivity contribution in [1.29, 1.82) is 0 Å². The van der Waals surface area contributed by atoms with Crippen molar-refractivity contribution < 1.29 is 22.7 Å². The minimum absolute atomic E-state index is 0.00273. The van der Waals surface area contributed by atoms with Crippen molar-refractivity contribution in [3.05, 3.63) is 59.7 Å². The lowest BCUT2D eigenvalue weighted by atomic mass is 10.1. The number of amides is 1. The largest absolute Gasteiger partial charge is 0.496 e. The van der Waals surface area contributed by atoms with Crippen LogP contribution in [0, 0.1) is 0 Å². The second-order valence-corrected chi connectivity index (χ2v) is 9.60. The van der Waals surface area contributed by atoms with Gasteiger partial charge in [0.1, 0.15) is 5.75 Å². The maximum absolute atomic E-state index is 13.3. The van der Waals surface area contributed by atoms with E-state index in [4.69, 9.17) is 9.47 Å². The highest BCUT2D eigenvalue weighted by Crippen LogP contribution is 2.23. The van der Waals surface area contributed by atoms with Gasteiger partial charge >= 0.3 is 0 Å². The predicted octanol–water partition coefficient (Wildman–Crippen LogP) is 2.77. The van der Waals surface area contributed by atoms with Crippen LogP contribution in [0.15, 0.2) is 53.4 Å². The number of methoxy groups -OCH3 is 1. The number of carbonyl (C=O) groups is 1. The van der Waals surface area contributed by atoms with E-state index in [9.17, 15) is 13.2 Å². The minimum atomic E-state index is -3.54. The number of hydrogen-bond donors (Lipinski definition) is 0. The van der Waals surface area contributed by atoms with Crippen LogP contribution in [0.3, 0.4) is 0 Å². The Morgan fingerprint density at radius 2 is 1.83 bits per heavy atom. The first-order chi connectivity index (χ1) is 14.3. The van der Waals surface area contributed by atoms with Gasteiger partial charge in [0.15, 0.2) is 0 Å². The van der Waals surface area contributed by atoms with E-state index in [-0.39, 0.29) is 16.9 Å². The average molecular weight is 433 g/mol. The molecule has 1 aliphatic heterocycles. The smallest absolute Gasteiger partial charge is 0.254 e. The number of nitrogens with zero attached hydrogens (tertiary/aromatic N) is 2. The van der Waals surface area contributed by atoms with Gasteiger partial charge in [0.2, 0.25) is 10.0 Å². The van der Waals surface area contributed by atoms with Gasteiger partial charge in [-0.15, -0.1) is 0 Å². The van der Waals surface area contributed by atoms with Crippen molar-refractivity contribution in [1.82, 2.24) is 9.21 Å². The van der Waals surface area contributed by atoms with Gasteiger partial charge in [0.25, 0.3) is 5.91 Å². The van der Waals surface area contributed by atoms with Gasteiger partial charge in [-0.3, -0.25) is 4.79 Å². The lowest BCUT2D eigenvalue weighted by Crippen LogP contribution is -2.37. The highest BCUT2D eigenvalue weighted by molar-refractivity contribution is 7.89. The molecular weight excluding hydrogens is 404 g/mol. The Morgan fingerprint density at radius 1 is 1.13 bits per heavy atom. The van der Waals surface area contributed by atoms with E-state index in [0.29, 0.717) is 25.3 Å². The molecule has 30 heavy (non-hydrogen) atoms. The summed E-state index contributed by atoms with van der Waals surface area (Å²) >= 11 is 0. The number of ether oxygens (including phenoxy) is 2. The fraction of sp³-hybridized carbons (Fsp3) is 0.409. The molecule has 1 aliphatic rings. The molecule has 0 aliphatic carbocycles. The van der Waals surface area contributed by atoms with Crippen molar-refractivity contribution >= 4 is 15.9 Å². The van der Waals surface area contributed by atoms with Crippen LogP contribution in [0.1, 0.15) is 28.8 Å². The first kappa shape index (κ1) is 22.3. The topological polar surface area (TPSA) is 76.1 Å². The first-order valence-electron chi connectivity index (χ1n) is 9.88. The third-order valence-corrected chi connectivity index (χ3v) is 7.00. The molecule has 0 radical (unpaired) electrons. The maximum Gasteiger partial charge on any atom is 0.254 e. The van der Waals surface area contributed by atoms with Crippen LogP contribution in [-0.2, 0) is 21.3 Å². The van der Waals surface area contributed by atoms with Crippen LogP contribution < -0.4 is 4.74 Å². The molecule has 0 aromatic heterocycles. The first-order valence-corrected chi connectivity index (χ1v) is 11.3. The van der Waals surface area contributed by atoms with Crippen LogP contribution >= 0.6 is 0 Å². The molecule has 1 amide bonds. The van der Waals surface area contributed by atoms with E-state index < -0.39 is 10.0 Å². The fourth-order valence-electron chi connectivity index (χ4n) is 3.46. The Balaban J connectivity index is 1.86. The molecule has 162 valence electrons. The number of para-hydroxylation sites is 1. The standard InChI is InChI=1S/C22H28N2O5S/c1-23(2)30(26,27)20-12-10-17(11-13-20)22(25)24(16-19-8-6-14-29-19)15-18-7-4-5-9-21(18)28-3/h4-5,7,9-13,19H,6,8,14-16H2,1-3H3. The Morgan fingerprint density at radius 3 is 2.43 bits per heavy atom. The van der Waals surface area contributed by atoms with E-state index in [1.165, 1.54) is 26.2 Å². The molecule has 8 heteroatoms. The summed E-state index contributed by atoms with van der Waals surface area (Å²) in [5, 5.41) is 0. The SMILES string of the molecule is COc1ccccc1CN(CC1CCCO1)C(=O)c1ccc(S(=O)(=O)N(C)C)cc1. The molecule has 2 aromatic carbocycles. The summed E-state index contributed by atoms with van der Waals surface area (Å²) in [7, 11) is 1.02. The number of benzene rings is 2. The molecule has 0 spiro atoms. The molecule has 1 atom stereocenters. The molecular formula is C22H28N2O5S. The normalized spacial score (nSPS) is 16.6. The van der Waals surface area contributed by atoms with E-state index in [1.54, 1.807) is 24.1 Å². The highest BCUT2D eigenvalue weighted by atomic mass is 32.2. The molecule has 2 aromatic rings. The van der Waals surface area contributed by atoms with Crippen LogP contribution in [0.25, 0.3) is 0 Å². The van der Waals surface area contributed by atoms with Gasteiger partial charge in [0.05, 0.1) is 18.1 Å². The summed E-state index contributed by atoms with van der Waals surface area (Å²) in [5.74, 6) is 0.542. The van der Waals surface area contributed by atoms with Crippen molar-refractivity contribution in [3.63, 3.8) is 0 Å².